The topological polar surface area (TPSA) is 84.1 Å². The second-order valence-electron chi connectivity index (χ2n) is 6.99. The molecule has 6 nitrogen and oxygen atoms in total. The van der Waals surface area contributed by atoms with Gasteiger partial charge in [-0.3, -0.25) is 4.72 Å². The minimum absolute atomic E-state index is 0.0110. The summed E-state index contributed by atoms with van der Waals surface area (Å²) in [6, 6.07) is 15.3. The Morgan fingerprint density at radius 3 is 2.38 bits per heavy atom. The van der Waals surface area contributed by atoms with Crippen LogP contribution in [0, 0.1) is 11.3 Å². The van der Waals surface area contributed by atoms with E-state index in [1.54, 1.807) is 19.1 Å². The zero-order valence-electron chi connectivity index (χ0n) is 17.1. The molecule has 0 saturated carbocycles. The monoisotopic (exact) mass is 411 g/mol. The molecule has 0 atom stereocenters. The van der Waals surface area contributed by atoms with Crippen LogP contribution >= 0.6 is 0 Å². The number of fused-ring (bicyclic) bond motifs is 1. The molecule has 29 heavy (non-hydrogen) atoms. The van der Waals surface area contributed by atoms with Crippen molar-refractivity contribution < 1.29 is 13.2 Å². The summed E-state index contributed by atoms with van der Waals surface area (Å²) in [7, 11) is -3.34. The van der Waals surface area contributed by atoms with Gasteiger partial charge in [-0.2, -0.15) is 5.26 Å². The maximum absolute atomic E-state index is 11.8. The third-order valence-electron chi connectivity index (χ3n) is 4.73. The van der Waals surface area contributed by atoms with Gasteiger partial charge in [0.1, 0.15) is 11.8 Å². The average Bonchev–Trinajstić information content (AvgIpc) is 3.02. The van der Waals surface area contributed by atoms with E-state index in [0.29, 0.717) is 17.9 Å². The van der Waals surface area contributed by atoms with Gasteiger partial charge in [-0.05, 0) is 57.5 Å². The van der Waals surface area contributed by atoms with E-state index in [4.69, 9.17) is 4.74 Å². The highest BCUT2D eigenvalue weighted by Gasteiger charge is 2.21. The summed E-state index contributed by atoms with van der Waals surface area (Å²) in [5.41, 5.74) is 3.70. The van der Waals surface area contributed by atoms with Gasteiger partial charge in [0.05, 0.1) is 29.1 Å². The fraction of sp³-hybridized carbons (Fsp3) is 0.318. The number of nitrogens with zero attached hydrogens (tertiary/aromatic N) is 2. The van der Waals surface area contributed by atoms with Crippen LogP contribution in [0.4, 0.5) is 5.69 Å². The van der Waals surface area contributed by atoms with Crippen LogP contribution in [0.15, 0.2) is 42.5 Å². The van der Waals surface area contributed by atoms with E-state index >= 15 is 0 Å². The highest BCUT2D eigenvalue weighted by atomic mass is 32.2. The Kier molecular flexibility index (Phi) is 5.85. The molecule has 1 N–H and O–H groups in total. The molecule has 0 amide bonds. The normalized spacial score (nSPS) is 11.6. The zero-order valence-corrected chi connectivity index (χ0v) is 17.9. The van der Waals surface area contributed by atoms with Gasteiger partial charge in [-0.15, -0.1) is 0 Å². The Bertz CT molecular complexity index is 1170. The second kappa shape index (κ2) is 8.18. The van der Waals surface area contributed by atoms with Gasteiger partial charge in [0, 0.05) is 23.2 Å². The lowest BCUT2D eigenvalue weighted by atomic mass is 10.1. The maximum atomic E-state index is 11.8. The molecule has 0 aliphatic carbocycles. The Hall–Kier alpha value is -2.98. The number of anilines is 1. The number of benzene rings is 2. The van der Waals surface area contributed by atoms with E-state index in [2.05, 4.69) is 29.2 Å². The SMILES string of the molecule is CCOc1ccc2c(C#N)c(-c3ccc(NS(=O)(=O)CC)cc3)n(C(C)C)c2c1. The molecule has 3 aromatic rings. The van der Waals surface area contributed by atoms with E-state index in [0.717, 1.165) is 27.9 Å². The third-order valence-corrected chi connectivity index (χ3v) is 6.03. The summed E-state index contributed by atoms with van der Waals surface area (Å²) in [6.45, 7) is 8.24. The van der Waals surface area contributed by atoms with Crippen molar-refractivity contribution in [3.05, 3.63) is 48.0 Å². The van der Waals surface area contributed by atoms with E-state index in [-0.39, 0.29) is 11.8 Å². The van der Waals surface area contributed by atoms with Gasteiger partial charge in [0.15, 0.2) is 0 Å². The highest BCUT2D eigenvalue weighted by Crippen LogP contribution is 2.38. The van der Waals surface area contributed by atoms with Crippen molar-refractivity contribution in [1.29, 1.82) is 5.26 Å². The summed E-state index contributed by atoms with van der Waals surface area (Å²) in [6.07, 6.45) is 0. The van der Waals surface area contributed by atoms with Gasteiger partial charge in [-0.1, -0.05) is 12.1 Å². The minimum atomic E-state index is -3.34. The molecule has 3 rings (SSSR count). The predicted octanol–water partition coefficient (Wildman–Crippen LogP) is 4.92. The third kappa shape index (κ3) is 4.08. The van der Waals surface area contributed by atoms with Crippen LogP contribution in [0.5, 0.6) is 5.75 Å². The maximum Gasteiger partial charge on any atom is 0.232 e. The molecule has 0 radical (unpaired) electrons. The molecule has 1 aromatic heterocycles. The predicted molar refractivity (Wildman–Crippen MR) is 117 cm³/mol. The number of hydrogen-bond donors (Lipinski definition) is 1. The van der Waals surface area contributed by atoms with Crippen molar-refractivity contribution in [1.82, 2.24) is 4.57 Å². The fourth-order valence-electron chi connectivity index (χ4n) is 3.43. The van der Waals surface area contributed by atoms with Crippen LogP contribution < -0.4 is 9.46 Å². The summed E-state index contributed by atoms with van der Waals surface area (Å²) >= 11 is 0. The Labute approximate surface area is 171 Å². The molecule has 0 aliphatic rings. The zero-order chi connectivity index (χ0) is 21.2. The van der Waals surface area contributed by atoms with Crippen molar-refractivity contribution >= 4 is 26.6 Å². The Balaban J connectivity index is 2.18. The van der Waals surface area contributed by atoms with Crippen LogP contribution in [-0.4, -0.2) is 25.3 Å². The number of aromatic nitrogens is 1. The van der Waals surface area contributed by atoms with Gasteiger partial charge in [0.25, 0.3) is 0 Å². The number of ether oxygens (including phenoxy) is 1. The molecule has 2 aromatic carbocycles. The van der Waals surface area contributed by atoms with Crippen molar-refractivity contribution in [3.8, 4) is 23.1 Å². The van der Waals surface area contributed by atoms with Crippen LogP contribution in [0.2, 0.25) is 0 Å². The first kappa shape index (κ1) is 20.7. The lowest BCUT2D eigenvalue weighted by Crippen LogP contribution is -2.14. The lowest BCUT2D eigenvalue weighted by molar-refractivity contribution is 0.340. The standard InChI is InChI=1S/C22H25N3O3S/c1-5-28-18-11-12-19-20(14-23)22(25(15(3)4)21(19)13-18)16-7-9-17(10-8-16)24-29(26,27)6-2/h7-13,15,24H,5-6H2,1-4H3. The number of sulfonamides is 1. The highest BCUT2D eigenvalue weighted by molar-refractivity contribution is 7.92. The summed E-state index contributed by atoms with van der Waals surface area (Å²) < 4.78 is 33.9. The fourth-order valence-corrected chi connectivity index (χ4v) is 4.07. The van der Waals surface area contributed by atoms with Crippen LogP contribution in [0.25, 0.3) is 22.2 Å². The summed E-state index contributed by atoms with van der Waals surface area (Å²) in [5, 5.41) is 10.8. The molecular weight excluding hydrogens is 386 g/mol. The largest absolute Gasteiger partial charge is 0.494 e. The Morgan fingerprint density at radius 2 is 1.83 bits per heavy atom. The first-order chi connectivity index (χ1) is 13.8. The second-order valence-corrected chi connectivity index (χ2v) is 9.00. The molecule has 0 aliphatic heterocycles. The average molecular weight is 412 g/mol. The quantitative estimate of drug-likeness (QED) is 0.598. The van der Waals surface area contributed by atoms with Gasteiger partial charge in [0.2, 0.25) is 10.0 Å². The van der Waals surface area contributed by atoms with Crippen molar-refractivity contribution in [2.24, 2.45) is 0 Å². The molecule has 152 valence electrons. The molecule has 1 heterocycles. The summed E-state index contributed by atoms with van der Waals surface area (Å²) in [5.74, 6) is 0.775. The first-order valence-electron chi connectivity index (χ1n) is 9.63. The van der Waals surface area contributed by atoms with Crippen LogP contribution in [0.3, 0.4) is 0 Å². The van der Waals surface area contributed by atoms with Crippen LogP contribution in [-0.2, 0) is 10.0 Å². The number of rotatable bonds is 7. The molecule has 0 spiro atoms. The van der Waals surface area contributed by atoms with E-state index in [1.807, 2.05) is 37.3 Å². The first-order valence-corrected chi connectivity index (χ1v) is 11.3. The van der Waals surface area contributed by atoms with Crippen molar-refractivity contribution in [2.45, 2.75) is 33.7 Å². The minimum Gasteiger partial charge on any atom is -0.494 e. The van der Waals surface area contributed by atoms with E-state index < -0.39 is 10.0 Å². The smallest absolute Gasteiger partial charge is 0.232 e. The van der Waals surface area contributed by atoms with Gasteiger partial charge in [-0.25, -0.2) is 8.42 Å². The molecule has 0 fully saturated rings. The van der Waals surface area contributed by atoms with E-state index in [9.17, 15) is 13.7 Å². The number of nitriles is 1. The van der Waals surface area contributed by atoms with E-state index in [1.165, 1.54) is 0 Å². The molecule has 0 bridgehead atoms. The Morgan fingerprint density at radius 1 is 1.14 bits per heavy atom. The molecule has 0 saturated heterocycles. The van der Waals surface area contributed by atoms with Gasteiger partial charge < -0.3 is 9.30 Å². The van der Waals surface area contributed by atoms with Crippen LogP contribution in [0.1, 0.15) is 39.3 Å². The molecular formula is C22H25N3O3S. The summed E-state index contributed by atoms with van der Waals surface area (Å²) in [4.78, 5) is 0. The number of hydrogen-bond acceptors (Lipinski definition) is 4. The molecule has 7 heteroatoms. The molecule has 0 unspecified atom stereocenters. The lowest BCUT2D eigenvalue weighted by Gasteiger charge is -2.16. The van der Waals surface area contributed by atoms with Crippen molar-refractivity contribution in [2.75, 3.05) is 17.1 Å². The number of nitrogens with one attached hydrogen (secondary N) is 1. The van der Waals surface area contributed by atoms with Gasteiger partial charge >= 0.3 is 0 Å². The van der Waals surface area contributed by atoms with Crippen molar-refractivity contribution in [3.63, 3.8) is 0 Å².